The largest absolute Gasteiger partial charge is 0.421 e. The average molecular weight is 377 g/mol. The van der Waals surface area contributed by atoms with Crippen molar-refractivity contribution in [3.8, 4) is 0 Å². The number of carbonyl (C=O) groups excluding carboxylic acids is 1. The highest BCUT2D eigenvalue weighted by atomic mass is 16.4. The first-order chi connectivity index (χ1) is 13.4. The van der Waals surface area contributed by atoms with Crippen LogP contribution in [-0.2, 0) is 18.5 Å². The summed E-state index contributed by atoms with van der Waals surface area (Å²) in [6, 6.07) is 17.5. The van der Waals surface area contributed by atoms with Gasteiger partial charge in [0.1, 0.15) is 6.54 Å². The molecule has 2 atom stereocenters. The van der Waals surface area contributed by atoms with E-state index < -0.39 is 5.54 Å². The van der Waals surface area contributed by atoms with Gasteiger partial charge in [0, 0.05) is 11.6 Å². The SMILES string of the molecule is CC1NN(Cc2nnc([C@](C)(N)Cc3ccccc3)o2)C(=O)c2ccccc21. The van der Waals surface area contributed by atoms with E-state index in [1.165, 1.54) is 5.01 Å². The molecule has 0 spiro atoms. The molecule has 2 aromatic carbocycles. The van der Waals surface area contributed by atoms with Crippen molar-refractivity contribution in [2.75, 3.05) is 0 Å². The Morgan fingerprint density at radius 1 is 1.14 bits per heavy atom. The molecule has 28 heavy (non-hydrogen) atoms. The highest BCUT2D eigenvalue weighted by Gasteiger charge is 2.32. The maximum absolute atomic E-state index is 12.8. The first-order valence-corrected chi connectivity index (χ1v) is 9.27. The van der Waals surface area contributed by atoms with Crippen LogP contribution in [0.1, 0.15) is 53.2 Å². The smallest absolute Gasteiger partial charge is 0.268 e. The Hall–Kier alpha value is -3.03. The molecule has 1 aliphatic rings. The number of aromatic nitrogens is 2. The highest BCUT2D eigenvalue weighted by molar-refractivity contribution is 5.96. The summed E-state index contributed by atoms with van der Waals surface area (Å²) >= 11 is 0. The summed E-state index contributed by atoms with van der Waals surface area (Å²) in [5.74, 6) is 0.574. The van der Waals surface area contributed by atoms with Crippen molar-refractivity contribution in [1.29, 1.82) is 0 Å². The summed E-state index contributed by atoms with van der Waals surface area (Å²) < 4.78 is 5.81. The molecular formula is C21H23N5O2. The first-order valence-electron chi connectivity index (χ1n) is 9.27. The van der Waals surface area contributed by atoms with Crippen LogP contribution < -0.4 is 11.2 Å². The molecule has 0 saturated carbocycles. The number of hydrogen-bond donors (Lipinski definition) is 2. The maximum Gasteiger partial charge on any atom is 0.268 e. The molecular weight excluding hydrogens is 354 g/mol. The van der Waals surface area contributed by atoms with Gasteiger partial charge in [0.2, 0.25) is 11.8 Å². The maximum atomic E-state index is 12.8. The Labute approximate surface area is 163 Å². The summed E-state index contributed by atoms with van der Waals surface area (Å²) in [5.41, 5.74) is 11.6. The van der Waals surface area contributed by atoms with E-state index in [-0.39, 0.29) is 18.5 Å². The topological polar surface area (TPSA) is 97.3 Å². The van der Waals surface area contributed by atoms with Gasteiger partial charge in [0.15, 0.2) is 0 Å². The number of nitrogens with zero attached hydrogens (tertiary/aromatic N) is 3. The fourth-order valence-corrected chi connectivity index (χ4v) is 3.47. The summed E-state index contributed by atoms with van der Waals surface area (Å²) in [6.07, 6.45) is 0.570. The molecule has 0 fully saturated rings. The summed E-state index contributed by atoms with van der Waals surface area (Å²) in [4.78, 5) is 12.8. The van der Waals surface area contributed by atoms with Gasteiger partial charge in [-0.05, 0) is 37.5 Å². The standard InChI is InChI=1S/C21H23N5O2/c1-14-16-10-6-7-11-17(16)19(27)26(25-14)13-18-23-24-20(28-18)21(2,22)12-15-8-4-3-5-9-15/h3-11,14,25H,12-13,22H2,1-2H3/t14?,21-/m1/s1. The van der Waals surface area contributed by atoms with Crippen LogP contribution in [0.5, 0.6) is 0 Å². The quantitative estimate of drug-likeness (QED) is 0.710. The Morgan fingerprint density at radius 2 is 1.86 bits per heavy atom. The number of rotatable bonds is 5. The van der Waals surface area contributed by atoms with E-state index in [4.69, 9.17) is 10.2 Å². The lowest BCUT2D eigenvalue weighted by Gasteiger charge is -2.32. The van der Waals surface area contributed by atoms with Gasteiger partial charge in [-0.3, -0.25) is 9.80 Å². The lowest BCUT2D eigenvalue weighted by molar-refractivity contribution is 0.0537. The van der Waals surface area contributed by atoms with Crippen molar-refractivity contribution >= 4 is 5.91 Å². The van der Waals surface area contributed by atoms with Gasteiger partial charge in [-0.1, -0.05) is 48.5 Å². The highest BCUT2D eigenvalue weighted by Crippen LogP contribution is 2.26. The van der Waals surface area contributed by atoms with Gasteiger partial charge in [-0.15, -0.1) is 10.2 Å². The molecule has 3 aromatic rings. The number of amides is 1. The molecule has 7 heteroatoms. The average Bonchev–Trinajstić information content (AvgIpc) is 3.16. The van der Waals surface area contributed by atoms with E-state index in [0.717, 1.165) is 11.1 Å². The van der Waals surface area contributed by atoms with Crippen molar-refractivity contribution in [2.45, 2.75) is 38.4 Å². The predicted molar refractivity (Wildman–Crippen MR) is 104 cm³/mol. The summed E-state index contributed by atoms with van der Waals surface area (Å²) in [5, 5.41) is 9.74. The third-order valence-electron chi connectivity index (χ3n) is 4.92. The van der Waals surface area contributed by atoms with Crippen LogP contribution in [0.3, 0.4) is 0 Å². The van der Waals surface area contributed by atoms with Gasteiger partial charge in [0.05, 0.1) is 5.54 Å². The van der Waals surface area contributed by atoms with Gasteiger partial charge >= 0.3 is 0 Å². The molecule has 144 valence electrons. The number of hydrogen-bond acceptors (Lipinski definition) is 6. The van der Waals surface area contributed by atoms with E-state index in [1.54, 1.807) is 0 Å². The molecule has 1 amide bonds. The van der Waals surface area contributed by atoms with Crippen molar-refractivity contribution in [2.24, 2.45) is 5.73 Å². The fourth-order valence-electron chi connectivity index (χ4n) is 3.47. The molecule has 1 aliphatic heterocycles. The minimum absolute atomic E-state index is 0.00847. The normalized spacial score (nSPS) is 18.6. The number of nitrogens with two attached hydrogens (primary N) is 1. The molecule has 3 N–H and O–H groups in total. The molecule has 1 aromatic heterocycles. The predicted octanol–water partition coefficient (Wildman–Crippen LogP) is 2.71. The van der Waals surface area contributed by atoms with E-state index in [2.05, 4.69) is 15.6 Å². The van der Waals surface area contributed by atoms with Crippen molar-refractivity contribution in [3.63, 3.8) is 0 Å². The summed E-state index contributed by atoms with van der Waals surface area (Å²) in [6.45, 7) is 4.04. The van der Waals surface area contributed by atoms with Crippen LogP contribution >= 0.6 is 0 Å². The van der Waals surface area contributed by atoms with Gasteiger partial charge in [-0.25, -0.2) is 5.43 Å². The van der Waals surface area contributed by atoms with Crippen LogP contribution in [-0.4, -0.2) is 21.1 Å². The monoisotopic (exact) mass is 377 g/mol. The van der Waals surface area contributed by atoms with Crippen LogP contribution in [0.15, 0.2) is 59.0 Å². The number of carbonyl (C=O) groups is 1. The van der Waals surface area contributed by atoms with Gasteiger partial charge in [0.25, 0.3) is 5.91 Å². The number of fused-ring (bicyclic) bond motifs is 1. The summed E-state index contributed by atoms with van der Waals surface area (Å²) in [7, 11) is 0. The van der Waals surface area contributed by atoms with Crippen molar-refractivity contribution < 1.29 is 9.21 Å². The van der Waals surface area contributed by atoms with Crippen molar-refractivity contribution in [3.05, 3.63) is 83.1 Å². The lowest BCUT2D eigenvalue weighted by Crippen LogP contribution is -2.47. The van der Waals surface area contributed by atoms with Crippen LogP contribution in [0, 0.1) is 0 Å². The number of hydrazine groups is 1. The Kier molecular flexibility index (Phi) is 4.70. The van der Waals surface area contributed by atoms with Crippen LogP contribution in [0.2, 0.25) is 0 Å². The van der Waals surface area contributed by atoms with E-state index in [0.29, 0.717) is 23.8 Å². The Balaban J connectivity index is 1.50. The third-order valence-corrected chi connectivity index (χ3v) is 4.92. The second kappa shape index (κ2) is 7.18. The van der Waals surface area contributed by atoms with Gasteiger partial charge in [-0.2, -0.15) is 0 Å². The van der Waals surface area contributed by atoms with Crippen LogP contribution in [0.4, 0.5) is 0 Å². The van der Waals surface area contributed by atoms with E-state index in [1.807, 2.05) is 68.4 Å². The number of nitrogens with one attached hydrogen (secondary N) is 1. The minimum Gasteiger partial charge on any atom is -0.421 e. The van der Waals surface area contributed by atoms with Crippen molar-refractivity contribution in [1.82, 2.24) is 20.6 Å². The van der Waals surface area contributed by atoms with E-state index in [9.17, 15) is 4.79 Å². The molecule has 0 bridgehead atoms. The molecule has 0 radical (unpaired) electrons. The molecule has 0 aliphatic carbocycles. The fraction of sp³-hybridized carbons (Fsp3) is 0.286. The minimum atomic E-state index is -0.800. The molecule has 4 rings (SSSR count). The molecule has 7 nitrogen and oxygen atoms in total. The third kappa shape index (κ3) is 3.54. The Morgan fingerprint density at radius 3 is 2.64 bits per heavy atom. The molecule has 1 unspecified atom stereocenters. The zero-order valence-corrected chi connectivity index (χ0v) is 15.9. The molecule has 0 saturated heterocycles. The second-order valence-electron chi connectivity index (χ2n) is 7.41. The Bertz CT molecular complexity index is 983. The lowest BCUT2D eigenvalue weighted by atomic mass is 9.94. The number of benzene rings is 2. The van der Waals surface area contributed by atoms with Gasteiger partial charge < -0.3 is 10.2 Å². The zero-order chi connectivity index (χ0) is 19.7. The zero-order valence-electron chi connectivity index (χ0n) is 15.9. The second-order valence-corrected chi connectivity index (χ2v) is 7.41. The van der Waals surface area contributed by atoms with Crippen LogP contribution in [0.25, 0.3) is 0 Å². The first kappa shape index (κ1) is 18.3. The van der Waals surface area contributed by atoms with E-state index >= 15 is 0 Å². The molecule has 2 heterocycles.